The number of carbonyl (C=O) groups is 1. The van der Waals surface area contributed by atoms with Gasteiger partial charge in [0.15, 0.2) is 0 Å². The van der Waals surface area contributed by atoms with Crippen LogP contribution in [0.2, 0.25) is 0 Å². The lowest BCUT2D eigenvalue weighted by molar-refractivity contribution is 0.0530. The number of alkyl halides is 1. The van der Waals surface area contributed by atoms with E-state index in [1.807, 2.05) is 0 Å². The second-order valence-electron chi connectivity index (χ2n) is 5.17. The van der Waals surface area contributed by atoms with E-state index in [0.717, 1.165) is 37.4 Å². The maximum absolute atomic E-state index is 11.2. The summed E-state index contributed by atoms with van der Waals surface area (Å²) in [6, 6.07) is 0. The number of unbranched alkanes of at least 4 members (excludes halogenated alkanes) is 9. The Labute approximate surface area is 132 Å². The zero-order valence-corrected chi connectivity index (χ0v) is 14.6. The molecule has 0 amide bonds. The SMILES string of the molecule is CCCCCCCCCCOC(=O)OCCCCCBr. The van der Waals surface area contributed by atoms with E-state index in [0.29, 0.717) is 13.2 Å². The van der Waals surface area contributed by atoms with E-state index < -0.39 is 6.16 Å². The van der Waals surface area contributed by atoms with Gasteiger partial charge in [-0.3, -0.25) is 0 Å². The quantitative estimate of drug-likeness (QED) is 0.224. The third-order valence-electron chi connectivity index (χ3n) is 3.22. The normalized spacial score (nSPS) is 10.5. The topological polar surface area (TPSA) is 35.5 Å². The van der Waals surface area contributed by atoms with Gasteiger partial charge in [-0.25, -0.2) is 4.79 Å². The van der Waals surface area contributed by atoms with Gasteiger partial charge in [-0.05, 0) is 25.7 Å². The van der Waals surface area contributed by atoms with Gasteiger partial charge in [-0.2, -0.15) is 0 Å². The molecule has 0 atom stereocenters. The maximum atomic E-state index is 11.2. The highest BCUT2D eigenvalue weighted by Gasteiger charge is 2.02. The maximum Gasteiger partial charge on any atom is 0.508 e. The summed E-state index contributed by atoms with van der Waals surface area (Å²) in [4.78, 5) is 11.2. The first-order valence-electron chi connectivity index (χ1n) is 8.16. The summed E-state index contributed by atoms with van der Waals surface area (Å²) in [7, 11) is 0. The molecule has 0 aromatic rings. The van der Waals surface area contributed by atoms with E-state index in [9.17, 15) is 4.79 Å². The molecule has 20 heavy (non-hydrogen) atoms. The molecule has 0 aromatic carbocycles. The summed E-state index contributed by atoms with van der Waals surface area (Å²) in [6.45, 7) is 3.20. The largest absolute Gasteiger partial charge is 0.508 e. The van der Waals surface area contributed by atoms with E-state index in [1.165, 1.54) is 38.5 Å². The Bertz CT molecular complexity index is 210. The van der Waals surface area contributed by atoms with Gasteiger partial charge in [0.2, 0.25) is 0 Å². The minimum absolute atomic E-state index is 0.475. The molecule has 0 saturated heterocycles. The van der Waals surface area contributed by atoms with Crippen molar-refractivity contribution >= 4 is 22.1 Å². The van der Waals surface area contributed by atoms with Gasteiger partial charge in [0.05, 0.1) is 13.2 Å². The molecule has 0 heterocycles. The van der Waals surface area contributed by atoms with Crippen LogP contribution in [0, 0.1) is 0 Å². The summed E-state index contributed by atoms with van der Waals surface area (Å²) in [5, 5.41) is 1.01. The second kappa shape index (κ2) is 16.8. The first kappa shape index (κ1) is 19.8. The molecule has 4 heteroatoms. The van der Waals surface area contributed by atoms with Crippen molar-refractivity contribution in [3.8, 4) is 0 Å². The smallest absolute Gasteiger partial charge is 0.434 e. The molecular weight excluding hydrogens is 320 g/mol. The molecule has 120 valence electrons. The Balaban J connectivity index is 3.11. The Morgan fingerprint density at radius 2 is 1.20 bits per heavy atom. The minimum atomic E-state index is -0.508. The van der Waals surface area contributed by atoms with E-state index >= 15 is 0 Å². The van der Waals surface area contributed by atoms with Crippen LogP contribution in [0.1, 0.15) is 77.6 Å². The van der Waals surface area contributed by atoms with Crippen molar-refractivity contribution in [1.82, 2.24) is 0 Å². The Morgan fingerprint density at radius 3 is 1.70 bits per heavy atom. The number of ether oxygens (including phenoxy) is 2. The summed E-state index contributed by atoms with van der Waals surface area (Å²) < 4.78 is 10.0. The van der Waals surface area contributed by atoms with Crippen molar-refractivity contribution in [3.05, 3.63) is 0 Å². The number of hydrogen-bond donors (Lipinski definition) is 0. The van der Waals surface area contributed by atoms with Crippen molar-refractivity contribution in [1.29, 1.82) is 0 Å². The lowest BCUT2D eigenvalue weighted by Gasteiger charge is -2.06. The molecule has 0 N–H and O–H groups in total. The van der Waals surface area contributed by atoms with Gasteiger partial charge in [-0.1, -0.05) is 67.8 Å². The van der Waals surface area contributed by atoms with Crippen molar-refractivity contribution < 1.29 is 14.3 Å². The average molecular weight is 351 g/mol. The standard InChI is InChI=1S/C16H31BrO3/c1-2-3-4-5-6-7-8-11-14-19-16(18)20-15-12-9-10-13-17/h2-15H2,1H3. The van der Waals surface area contributed by atoms with Crippen LogP contribution in [-0.2, 0) is 9.47 Å². The Hall–Kier alpha value is -0.250. The summed E-state index contributed by atoms with van der Waals surface area (Å²) >= 11 is 3.37. The van der Waals surface area contributed by atoms with Crippen LogP contribution in [0.5, 0.6) is 0 Å². The molecule has 0 aliphatic carbocycles. The molecule has 0 aliphatic heterocycles. The lowest BCUT2D eigenvalue weighted by atomic mass is 10.1. The molecule has 0 unspecified atom stereocenters. The zero-order chi connectivity index (χ0) is 14.9. The van der Waals surface area contributed by atoms with Gasteiger partial charge in [0, 0.05) is 5.33 Å². The van der Waals surface area contributed by atoms with Gasteiger partial charge < -0.3 is 9.47 Å². The van der Waals surface area contributed by atoms with Crippen LogP contribution < -0.4 is 0 Å². The van der Waals surface area contributed by atoms with E-state index in [4.69, 9.17) is 9.47 Å². The molecule has 0 saturated carbocycles. The lowest BCUT2D eigenvalue weighted by Crippen LogP contribution is -2.09. The summed E-state index contributed by atoms with van der Waals surface area (Å²) in [6.07, 6.45) is 12.6. The Kier molecular flexibility index (Phi) is 16.6. The van der Waals surface area contributed by atoms with Gasteiger partial charge >= 0.3 is 6.16 Å². The van der Waals surface area contributed by atoms with E-state index in [2.05, 4.69) is 22.9 Å². The molecule has 0 bridgehead atoms. The molecule has 0 aliphatic rings. The number of rotatable bonds is 14. The van der Waals surface area contributed by atoms with Crippen LogP contribution in [0.3, 0.4) is 0 Å². The molecule has 3 nitrogen and oxygen atoms in total. The molecular formula is C16H31BrO3. The molecule has 0 radical (unpaired) electrons. The molecule has 0 spiro atoms. The van der Waals surface area contributed by atoms with Crippen LogP contribution in [0.15, 0.2) is 0 Å². The first-order valence-corrected chi connectivity index (χ1v) is 9.29. The first-order chi connectivity index (χ1) is 9.81. The monoisotopic (exact) mass is 350 g/mol. The fraction of sp³-hybridized carbons (Fsp3) is 0.938. The van der Waals surface area contributed by atoms with Crippen LogP contribution in [-0.4, -0.2) is 24.7 Å². The highest BCUT2D eigenvalue weighted by atomic mass is 79.9. The second-order valence-corrected chi connectivity index (χ2v) is 5.96. The van der Waals surface area contributed by atoms with Crippen molar-refractivity contribution in [2.24, 2.45) is 0 Å². The third kappa shape index (κ3) is 15.8. The number of hydrogen-bond acceptors (Lipinski definition) is 3. The van der Waals surface area contributed by atoms with Gasteiger partial charge in [0.25, 0.3) is 0 Å². The number of carbonyl (C=O) groups excluding carboxylic acids is 1. The van der Waals surface area contributed by atoms with E-state index in [1.54, 1.807) is 0 Å². The van der Waals surface area contributed by atoms with Gasteiger partial charge in [-0.15, -0.1) is 0 Å². The van der Waals surface area contributed by atoms with E-state index in [-0.39, 0.29) is 0 Å². The third-order valence-corrected chi connectivity index (χ3v) is 3.78. The fourth-order valence-corrected chi connectivity index (χ4v) is 2.36. The van der Waals surface area contributed by atoms with Gasteiger partial charge in [0.1, 0.15) is 0 Å². The predicted octanol–water partition coefficient (Wildman–Crippen LogP) is 5.85. The van der Waals surface area contributed by atoms with Crippen molar-refractivity contribution in [3.63, 3.8) is 0 Å². The highest BCUT2D eigenvalue weighted by molar-refractivity contribution is 9.09. The van der Waals surface area contributed by atoms with Crippen LogP contribution >= 0.6 is 15.9 Å². The van der Waals surface area contributed by atoms with Crippen molar-refractivity contribution in [2.45, 2.75) is 77.6 Å². The average Bonchev–Trinajstić information content (AvgIpc) is 2.45. The molecule has 0 aromatic heterocycles. The zero-order valence-electron chi connectivity index (χ0n) is 13.0. The Morgan fingerprint density at radius 1 is 0.750 bits per heavy atom. The number of halogens is 1. The minimum Gasteiger partial charge on any atom is -0.434 e. The van der Waals surface area contributed by atoms with Crippen LogP contribution in [0.25, 0.3) is 0 Å². The molecule has 0 fully saturated rings. The fourth-order valence-electron chi connectivity index (χ4n) is 1.96. The summed E-state index contributed by atoms with van der Waals surface area (Å²) in [5.41, 5.74) is 0. The highest BCUT2D eigenvalue weighted by Crippen LogP contribution is 2.08. The van der Waals surface area contributed by atoms with Crippen LogP contribution in [0.4, 0.5) is 4.79 Å². The summed E-state index contributed by atoms with van der Waals surface area (Å²) in [5.74, 6) is 0. The predicted molar refractivity (Wildman–Crippen MR) is 87.6 cm³/mol. The van der Waals surface area contributed by atoms with Crippen molar-refractivity contribution in [2.75, 3.05) is 18.5 Å². The molecule has 0 rings (SSSR count).